The van der Waals surface area contributed by atoms with E-state index in [4.69, 9.17) is 0 Å². The zero-order valence-electron chi connectivity index (χ0n) is 11.9. The predicted molar refractivity (Wildman–Crippen MR) is 76.4 cm³/mol. The van der Waals surface area contributed by atoms with Gasteiger partial charge >= 0.3 is 0 Å². The van der Waals surface area contributed by atoms with Crippen LogP contribution >= 0.6 is 0 Å². The molecule has 1 aliphatic carbocycles. The lowest BCUT2D eigenvalue weighted by Gasteiger charge is -2.36. The van der Waals surface area contributed by atoms with Crippen molar-refractivity contribution in [2.24, 2.45) is 0 Å². The number of piperazine rings is 2. The van der Waals surface area contributed by atoms with Gasteiger partial charge in [0.2, 0.25) is 0 Å². The van der Waals surface area contributed by atoms with Crippen molar-refractivity contribution >= 4 is 0 Å². The number of rotatable bonds is 5. The largest absolute Gasteiger partial charge is 0.390 e. The van der Waals surface area contributed by atoms with Gasteiger partial charge < -0.3 is 10.4 Å². The highest BCUT2D eigenvalue weighted by Gasteiger charge is 2.31. The quantitative estimate of drug-likeness (QED) is 0.672. The molecule has 0 aromatic carbocycles. The summed E-state index contributed by atoms with van der Waals surface area (Å²) in [5, 5.41) is 13.6. The highest BCUT2D eigenvalue weighted by molar-refractivity contribution is 4.88. The van der Waals surface area contributed by atoms with Crippen molar-refractivity contribution in [3.63, 3.8) is 0 Å². The lowest BCUT2D eigenvalue weighted by atomic mass is 10.2. The zero-order valence-corrected chi connectivity index (χ0v) is 11.9. The van der Waals surface area contributed by atoms with E-state index in [0.29, 0.717) is 0 Å². The molecule has 0 radical (unpaired) electrons. The first-order chi connectivity index (χ1) is 9.31. The van der Waals surface area contributed by atoms with Crippen molar-refractivity contribution in [1.82, 2.24) is 20.0 Å². The number of aliphatic hydroxyl groups is 1. The monoisotopic (exact) mass is 268 g/mol. The molecule has 110 valence electrons. The Kier molecular flexibility index (Phi) is 4.71. The molecule has 0 aromatic rings. The van der Waals surface area contributed by atoms with Crippen LogP contribution in [0.15, 0.2) is 0 Å². The average molecular weight is 268 g/mol. The first-order valence-corrected chi connectivity index (χ1v) is 7.89. The summed E-state index contributed by atoms with van der Waals surface area (Å²) in [6.07, 6.45) is 2.63. The van der Waals surface area contributed by atoms with Crippen molar-refractivity contribution in [3.8, 4) is 0 Å². The summed E-state index contributed by atoms with van der Waals surface area (Å²) >= 11 is 0. The van der Waals surface area contributed by atoms with Crippen LogP contribution in [-0.2, 0) is 0 Å². The van der Waals surface area contributed by atoms with Crippen LogP contribution in [-0.4, -0.2) is 97.4 Å². The fourth-order valence-corrected chi connectivity index (χ4v) is 3.30. The third-order valence-corrected chi connectivity index (χ3v) is 4.62. The van der Waals surface area contributed by atoms with Gasteiger partial charge in [-0.15, -0.1) is 0 Å². The van der Waals surface area contributed by atoms with E-state index in [1.165, 1.54) is 25.9 Å². The average Bonchev–Trinajstić information content (AvgIpc) is 3.25. The van der Waals surface area contributed by atoms with Crippen LogP contribution in [0.25, 0.3) is 0 Å². The summed E-state index contributed by atoms with van der Waals surface area (Å²) in [6.45, 7) is 10.6. The predicted octanol–water partition coefficient (Wildman–Crippen LogP) is -0.967. The number of aliphatic hydroxyl groups excluding tert-OH is 1. The standard InChI is InChI=1S/C14H28N4O/c19-14(11-16-5-3-15-4-6-16)12-17-7-9-18(10-8-17)13-1-2-13/h13-15,19H,1-12H2. The van der Waals surface area contributed by atoms with E-state index < -0.39 is 0 Å². The maximum absolute atomic E-state index is 10.2. The van der Waals surface area contributed by atoms with Gasteiger partial charge in [-0.3, -0.25) is 14.7 Å². The lowest BCUT2D eigenvalue weighted by molar-refractivity contribution is 0.0464. The van der Waals surface area contributed by atoms with Gasteiger partial charge in [-0.1, -0.05) is 0 Å². The molecule has 3 aliphatic rings. The molecular weight excluding hydrogens is 240 g/mol. The molecular formula is C14H28N4O. The molecule has 2 N–H and O–H groups in total. The van der Waals surface area contributed by atoms with Gasteiger partial charge in [0, 0.05) is 71.5 Å². The summed E-state index contributed by atoms with van der Waals surface area (Å²) in [5.41, 5.74) is 0. The zero-order chi connectivity index (χ0) is 13.1. The van der Waals surface area contributed by atoms with Crippen LogP contribution in [0.3, 0.4) is 0 Å². The first-order valence-electron chi connectivity index (χ1n) is 7.89. The molecule has 1 unspecified atom stereocenters. The Hall–Kier alpha value is -0.200. The molecule has 1 saturated carbocycles. The number of β-amino-alcohol motifs (C(OH)–C–C–N with tert-alkyl or cyclic N) is 1. The van der Waals surface area contributed by atoms with E-state index in [2.05, 4.69) is 20.0 Å². The normalized spacial score (nSPS) is 29.5. The molecule has 5 nitrogen and oxygen atoms in total. The second kappa shape index (κ2) is 6.50. The van der Waals surface area contributed by atoms with Crippen molar-refractivity contribution in [2.45, 2.75) is 25.0 Å². The smallest absolute Gasteiger partial charge is 0.0793 e. The summed E-state index contributed by atoms with van der Waals surface area (Å²) < 4.78 is 0. The third kappa shape index (κ3) is 4.13. The number of nitrogens with one attached hydrogen (secondary N) is 1. The molecule has 3 fully saturated rings. The Bertz CT molecular complexity index is 271. The molecule has 5 heteroatoms. The van der Waals surface area contributed by atoms with E-state index in [9.17, 15) is 5.11 Å². The third-order valence-electron chi connectivity index (χ3n) is 4.62. The SMILES string of the molecule is OC(CN1CCNCC1)CN1CCN(C2CC2)CC1. The summed E-state index contributed by atoms with van der Waals surface area (Å²) in [7, 11) is 0. The molecule has 2 saturated heterocycles. The maximum Gasteiger partial charge on any atom is 0.0793 e. The number of hydrogen-bond donors (Lipinski definition) is 2. The molecule has 0 bridgehead atoms. The fourth-order valence-electron chi connectivity index (χ4n) is 3.30. The lowest BCUT2D eigenvalue weighted by Crippen LogP contribution is -2.52. The number of hydrogen-bond acceptors (Lipinski definition) is 5. The van der Waals surface area contributed by atoms with Gasteiger partial charge in [-0.25, -0.2) is 0 Å². The minimum absolute atomic E-state index is 0.189. The topological polar surface area (TPSA) is 42.0 Å². The Balaban J connectivity index is 1.34. The van der Waals surface area contributed by atoms with Crippen molar-refractivity contribution in [1.29, 1.82) is 0 Å². The number of nitrogens with zero attached hydrogens (tertiary/aromatic N) is 3. The van der Waals surface area contributed by atoms with E-state index in [1.807, 2.05) is 0 Å². The Morgan fingerprint density at radius 1 is 0.895 bits per heavy atom. The Morgan fingerprint density at radius 3 is 2.05 bits per heavy atom. The Labute approximate surface area is 116 Å². The van der Waals surface area contributed by atoms with Crippen LogP contribution in [0.2, 0.25) is 0 Å². The van der Waals surface area contributed by atoms with Crippen LogP contribution in [0.5, 0.6) is 0 Å². The van der Waals surface area contributed by atoms with Crippen LogP contribution in [0, 0.1) is 0 Å². The molecule has 19 heavy (non-hydrogen) atoms. The minimum atomic E-state index is -0.189. The molecule has 3 rings (SSSR count). The fraction of sp³-hybridized carbons (Fsp3) is 1.00. The van der Waals surface area contributed by atoms with Crippen molar-refractivity contribution in [3.05, 3.63) is 0 Å². The summed E-state index contributed by atoms with van der Waals surface area (Å²) in [6, 6.07) is 0.896. The van der Waals surface area contributed by atoms with Gasteiger partial charge in [-0.05, 0) is 12.8 Å². The van der Waals surface area contributed by atoms with Crippen LogP contribution in [0.4, 0.5) is 0 Å². The highest BCUT2D eigenvalue weighted by atomic mass is 16.3. The van der Waals surface area contributed by atoms with Crippen LogP contribution in [0.1, 0.15) is 12.8 Å². The van der Waals surface area contributed by atoms with E-state index in [1.54, 1.807) is 0 Å². The van der Waals surface area contributed by atoms with E-state index in [-0.39, 0.29) is 6.10 Å². The molecule has 0 aromatic heterocycles. The second-order valence-corrected chi connectivity index (χ2v) is 6.27. The highest BCUT2D eigenvalue weighted by Crippen LogP contribution is 2.27. The van der Waals surface area contributed by atoms with E-state index in [0.717, 1.165) is 58.4 Å². The van der Waals surface area contributed by atoms with Gasteiger partial charge in [0.25, 0.3) is 0 Å². The van der Waals surface area contributed by atoms with Crippen molar-refractivity contribution in [2.75, 3.05) is 65.4 Å². The summed E-state index contributed by atoms with van der Waals surface area (Å²) in [5.74, 6) is 0. The molecule has 0 spiro atoms. The van der Waals surface area contributed by atoms with Gasteiger partial charge in [-0.2, -0.15) is 0 Å². The summed E-state index contributed by atoms with van der Waals surface area (Å²) in [4.78, 5) is 7.44. The molecule has 2 heterocycles. The van der Waals surface area contributed by atoms with Gasteiger partial charge in [0.1, 0.15) is 0 Å². The molecule has 1 atom stereocenters. The second-order valence-electron chi connectivity index (χ2n) is 6.27. The molecule has 2 aliphatic heterocycles. The maximum atomic E-state index is 10.2. The molecule has 0 amide bonds. The van der Waals surface area contributed by atoms with Crippen LogP contribution < -0.4 is 5.32 Å². The van der Waals surface area contributed by atoms with Crippen molar-refractivity contribution < 1.29 is 5.11 Å². The van der Waals surface area contributed by atoms with E-state index >= 15 is 0 Å². The van der Waals surface area contributed by atoms with Gasteiger partial charge in [0.05, 0.1) is 6.10 Å². The minimum Gasteiger partial charge on any atom is -0.390 e. The van der Waals surface area contributed by atoms with Gasteiger partial charge in [0.15, 0.2) is 0 Å². The first kappa shape index (κ1) is 13.8. The Morgan fingerprint density at radius 2 is 1.47 bits per heavy atom.